The van der Waals surface area contributed by atoms with Gasteiger partial charge < -0.3 is 4.57 Å². The molecule has 13 rings (SSSR count). The van der Waals surface area contributed by atoms with E-state index < -0.39 is 0 Å². The largest absolute Gasteiger partial charge is 0.309 e. The lowest BCUT2D eigenvalue weighted by Crippen LogP contribution is -2.04. The average molecular weight is 763 g/mol. The van der Waals surface area contributed by atoms with Crippen LogP contribution in [0.25, 0.3) is 121 Å². The lowest BCUT2D eigenvalue weighted by Gasteiger charge is -2.14. The summed E-state index contributed by atoms with van der Waals surface area (Å²) in [6, 6.07) is 74.3. The van der Waals surface area contributed by atoms with Gasteiger partial charge in [-0.25, -0.2) is 9.97 Å². The molecule has 0 aliphatic carbocycles. The molecule has 4 heteroatoms. The van der Waals surface area contributed by atoms with E-state index in [-0.39, 0.29) is 0 Å². The van der Waals surface area contributed by atoms with E-state index in [1.54, 1.807) is 0 Å². The van der Waals surface area contributed by atoms with E-state index in [2.05, 4.69) is 215 Å². The minimum atomic E-state index is 0.649. The number of hydrogen-bond donors (Lipinski definition) is 0. The van der Waals surface area contributed by atoms with Crippen LogP contribution in [0.4, 0.5) is 0 Å². The molecule has 60 heavy (non-hydrogen) atoms. The van der Waals surface area contributed by atoms with Crippen LogP contribution < -0.4 is 0 Å². The summed E-state index contributed by atoms with van der Waals surface area (Å²) in [4.78, 5) is 10.9. The van der Waals surface area contributed by atoms with Crippen molar-refractivity contribution in [2.24, 2.45) is 0 Å². The molecule has 0 N–H and O–H groups in total. The predicted molar refractivity (Wildman–Crippen MR) is 252 cm³/mol. The molecule has 0 atom stereocenters. The maximum absolute atomic E-state index is 5.50. The molecule has 278 valence electrons. The lowest BCUT2D eigenvalue weighted by molar-refractivity contribution is 1.02. The molecule has 0 saturated heterocycles. The summed E-state index contributed by atoms with van der Waals surface area (Å²) in [7, 11) is 0. The summed E-state index contributed by atoms with van der Waals surface area (Å²) in [6.45, 7) is 0. The van der Waals surface area contributed by atoms with Gasteiger partial charge in [-0.1, -0.05) is 170 Å². The molecule has 0 unspecified atom stereocenters. The van der Waals surface area contributed by atoms with Gasteiger partial charge in [0.2, 0.25) is 5.95 Å². The van der Waals surface area contributed by atoms with Crippen molar-refractivity contribution in [2.45, 2.75) is 0 Å². The smallest absolute Gasteiger partial charge is 0.235 e. The van der Waals surface area contributed by atoms with E-state index in [1.165, 1.54) is 59.7 Å². The van der Waals surface area contributed by atoms with Crippen molar-refractivity contribution in [3.05, 3.63) is 206 Å². The van der Waals surface area contributed by atoms with Crippen molar-refractivity contribution in [3.8, 4) is 34.0 Å². The molecular formula is C56H34N4. The number of aromatic nitrogens is 4. The molecular weight excluding hydrogens is 729 g/mol. The van der Waals surface area contributed by atoms with Crippen LogP contribution >= 0.6 is 0 Å². The zero-order valence-corrected chi connectivity index (χ0v) is 32.4. The van der Waals surface area contributed by atoms with Gasteiger partial charge in [0.1, 0.15) is 0 Å². The molecule has 13 aromatic rings. The van der Waals surface area contributed by atoms with Crippen LogP contribution in [0.5, 0.6) is 0 Å². The van der Waals surface area contributed by atoms with Crippen molar-refractivity contribution in [2.75, 3.05) is 0 Å². The predicted octanol–water partition coefficient (Wildman–Crippen LogP) is 14.6. The Balaban J connectivity index is 1.22. The Bertz CT molecular complexity index is 3880. The van der Waals surface area contributed by atoms with Crippen molar-refractivity contribution >= 4 is 86.8 Å². The standard InChI is InChI=1S/C56H34N4/c1-3-17-36(18-4-1)53-46-25-11-13-28-48(46)57-56(58-53)60-50-33-31-37(40-26-15-27-45-42-23-12-14-29-49(42)59(54(40)45)38-19-5-2-6-20-38)34-47(50)52-51-39-21-8-7-16-35(39)30-32-43(51)41-22-9-10-24-44(41)55(52)60/h1-34H. The molecule has 0 aliphatic rings. The number of benzene rings is 10. The van der Waals surface area contributed by atoms with Crippen molar-refractivity contribution in [1.82, 2.24) is 19.1 Å². The lowest BCUT2D eigenvalue weighted by atomic mass is 9.92. The maximum Gasteiger partial charge on any atom is 0.235 e. The zero-order chi connectivity index (χ0) is 39.3. The van der Waals surface area contributed by atoms with Crippen molar-refractivity contribution in [3.63, 3.8) is 0 Å². The van der Waals surface area contributed by atoms with Crippen LogP contribution in [0.3, 0.4) is 0 Å². The van der Waals surface area contributed by atoms with Gasteiger partial charge >= 0.3 is 0 Å². The van der Waals surface area contributed by atoms with Gasteiger partial charge in [0.15, 0.2) is 0 Å². The molecule has 3 heterocycles. The molecule has 0 radical (unpaired) electrons. The number of nitrogens with zero attached hydrogens (tertiary/aromatic N) is 4. The Kier molecular flexibility index (Phi) is 6.98. The van der Waals surface area contributed by atoms with Gasteiger partial charge in [0, 0.05) is 54.5 Å². The summed E-state index contributed by atoms with van der Waals surface area (Å²) >= 11 is 0. The second-order valence-electron chi connectivity index (χ2n) is 15.7. The fourth-order valence-corrected chi connectivity index (χ4v) is 9.94. The van der Waals surface area contributed by atoms with Crippen LogP contribution in [0, 0.1) is 0 Å². The molecule has 3 aromatic heterocycles. The summed E-state index contributed by atoms with van der Waals surface area (Å²) in [6.07, 6.45) is 0. The molecule has 4 nitrogen and oxygen atoms in total. The number of rotatable bonds is 4. The monoisotopic (exact) mass is 762 g/mol. The van der Waals surface area contributed by atoms with Crippen molar-refractivity contribution < 1.29 is 0 Å². The Morgan fingerprint density at radius 3 is 1.83 bits per heavy atom. The van der Waals surface area contributed by atoms with Gasteiger partial charge in [-0.2, -0.15) is 0 Å². The highest BCUT2D eigenvalue weighted by atomic mass is 15.2. The third-order valence-corrected chi connectivity index (χ3v) is 12.5. The van der Waals surface area contributed by atoms with Gasteiger partial charge in [-0.05, 0) is 63.5 Å². The second-order valence-corrected chi connectivity index (χ2v) is 15.7. The third-order valence-electron chi connectivity index (χ3n) is 12.5. The van der Waals surface area contributed by atoms with E-state index in [9.17, 15) is 0 Å². The Hall–Kier alpha value is -8.08. The van der Waals surface area contributed by atoms with Gasteiger partial charge in [0.25, 0.3) is 0 Å². The summed E-state index contributed by atoms with van der Waals surface area (Å²) in [5.41, 5.74) is 10.9. The van der Waals surface area contributed by atoms with E-state index in [4.69, 9.17) is 9.97 Å². The SMILES string of the molecule is c1ccc(-c2nc(-n3c4ccc(-c5cccc6c7ccccc7n(-c7ccccc7)c56)cc4c4c5c6ccccc6ccc5c5ccccc5c43)nc3ccccc23)cc1. The Morgan fingerprint density at radius 2 is 0.983 bits per heavy atom. The molecule has 0 amide bonds. The van der Waals surface area contributed by atoms with E-state index >= 15 is 0 Å². The first-order chi connectivity index (χ1) is 29.8. The number of para-hydroxylation sites is 4. The molecule has 0 fully saturated rings. The van der Waals surface area contributed by atoms with Crippen LogP contribution in [0.1, 0.15) is 0 Å². The normalized spacial score (nSPS) is 12.0. The topological polar surface area (TPSA) is 35.6 Å². The molecule has 10 aromatic carbocycles. The zero-order valence-electron chi connectivity index (χ0n) is 32.4. The maximum atomic E-state index is 5.50. The molecule has 0 aliphatic heterocycles. The van der Waals surface area contributed by atoms with Crippen LogP contribution in [0.2, 0.25) is 0 Å². The summed E-state index contributed by atoms with van der Waals surface area (Å²) in [5, 5.41) is 13.1. The number of fused-ring (bicyclic) bond motifs is 14. The highest BCUT2D eigenvalue weighted by Gasteiger charge is 2.24. The van der Waals surface area contributed by atoms with Gasteiger partial charge in [-0.15, -0.1) is 0 Å². The van der Waals surface area contributed by atoms with E-state index in [0.29, 0.717) is 5.95 Å². The van der Waals surface area contributed by atoms with E-state index in [0.717, 1.165) is 55.2 Å². The average Bonchev–Trinajstić information content (AvgIpc) is 3.85. The quantitative estimate of drug-likeness (QED) is 0.167. The van der Waals surface area contributed by atoms with Gasteiger partial charge in [-0.3, -0.25) is 4.57 Å². The molecule has 0 spiro atoms. The second kappa shape index (κ2) is 12.7. The number of hydrogen-bond acceptors (Lipinski definition) is 2. The Labute approximate surface area is 344 Å². The van der Waals surface area contributed by atoms with Gasteiger partial charge in [0.05, 0.1) is 33.3 Å². The Morgan fingerprint density at radius 1 is 0.333 bits per heavy atom. The summed E-state index contributed by atoms with van der Waals surface area (Å²) < 4.78 is 4.76. The third kappa shape index (κ3) is 4.67. The first kappa shape index (κ1) is 32.9. The van der Waals surface area contributed by atoms with Crippen LogP contribution in [-0.2, 0) is 0 Å². The van der Waals surface area contributed by atoms with E-state index in [1.807, 2.05) is 0 Å². The molecule has 0 bridgehead atoms. The van der Waals surface area contributed by atoms with Crippen LogP contribution in [-0.4, -0.2) is 19.1 Å². The summed E-state index contributed by atoms with van der Waals surface area (Å²) in [5.74, 6) is 0.649. The highest BCUT2D eigenvalue weighted by Crippen LogP contribution is 2.47. The van der Waals surface area contributed by atoms with Crippen molar-refractivity contribution in [1.29, 1.82) is 0 Å². The fraction of sp³-hybridized carbons (Fsp3) is 0. The van der Waals surface area contributed by atoms with Crippen LogP contribution in [0.15, 0.2) is 206 Å². The minimum Gasteiger partial charge on any atom is -0.309 e. The minimum absolute atomic E-state index is 0.649. The fourth-order valence-electron chi connectivity index (χ4n) is 9.94. The molecule has 0 saturated carbocycles. The first-order valence-corrected chi connectivity index (χ1v) is 20.5. The first-order valence-electron chi connectivity index (χ1n) is 20.5. The highest BCUT2D eigenvalue weighted by molar-refractivity contribution is 6.37.